The molecule has 0 atom stereocenters. The summed E-state index contributed by atoms with van der Waals surface area (Å²) < 4.78 is 93.0. The highest BCUT2D eigenvalue weighted by Gasteiger charge is 2.80. The Morgan fingerprint density at radius 3 is 1.95 bits per heavy atom. The van der Waals surface area contributed by atoms with Crippen molar-refractivity contribution in [2.24, 2.45) is 0 Å². The summed E-state index contributed by atoms with van der Waals surface area (Å²) in [6.07, 6.45) is 4.86. The molecule has 1 aliphatic rings. The number of hydrogen-bond donors (Lipinski definition) is 0. The summed E-state index contributed by atoms with van der Waals surface area (Å²) >= 11 is 2.14. The molecule has 1 nitrogen and oxygen atoms in total. The molecule has 204 valence electrons. The maximum Gasteiger partial charge on any atom is 0.380 e. The van der Waals surface area contributed by atoms with Crippen molar-refractivity contribution in [2.45, 2.75) is 38.5 Å². The standard InChI is InChI=1S/C31H21F6NS2/c1-5-19-10-12-22-24(14-19)40-18(4)26(22)28-27(29(32,33)31(36,37)30(28,34)35)25-16(2)23(39-17(25)3)13-11-20-6-8-21(15-38)9-7-20/h5-14H,1H2,2-4H3. The minimum Gasteiger partial charge on any atom is -0.194 e. The predicted octanol–water partition coefficient (Wildman–Crippen LogP) is 10.4. The average molecular weight is 586 g/mol. The minimum absolute atomic E-state index is 0.208. The summed E-state index contributed by atoms with van der Waals surface area (Å²) in [4.78, 5) is 0.938. The maximum absolute atomic E-state index is 15.6. The summed E-state index contributed by atoms with van der Waals surface area (Å²) in [5.41, 5.74) is -1.16. The van der Waals surface area contributed by atoms with Crippen LogP contribution in [-0.2, 0) is 0 Å². The molecule has 4 aromatic rings. The molecule has 2 heterocycles. The molecule has 9 heteroatoms. The molecule has 1 aliphatic carbocycles. The van der Waals surface area contributed by atoms with Gasteiger partial charge in [0.25, 0.3) is 0 Å². The summed E-state index contributed by atoms with van der Waals surface area (Å²) in [6, 6.07) is 13.4. The van der Waals surface area contributed by atoms with Crippen molar-refractivity contribution in [2.75, 3.05) is 0 Å². The SMILES string of the molecule is C=Cc1ccc2c(C3=C(c4c(C)sc(C=Cc5ccc(C#N)cc5)c4C)C(F)(F)C(F)(F)C3(F)F)c(C)sc2c1. The third-order valence-corrected chi connectivity index (χ3v) is 9.36. The number of nitriles is 1. The van der Waals surface area contributed by atoms with Crippen LogP contribution in [0, 0.1) is 32.1 Å². The fraction of sp³-hybridized carbons (Fsp3) is 0.194. The van der Waals surface area contributed by atoms with Gasteiger partial charge in [0.15, 0.2) is 0 Å². The lowest BCUT2D eigenvalue weighted by Gasteiger charge is -2.26. The van der Waals surface area contributed by atoms with Gasteiger partial charge in [-0.05, 0) is 61.7 Å². The van der Waals surface area contributed by atoms with E-state index in [1.165, 1.54) is 26.8 Å². The smallest absolute Gasteiger partial charge is 0.194 e. The number of fused-ring (bicyclic) bond motifs is 1. The van der Waals surface area contributed by atoms with Gasteiger partial charge in [-0.15, -0.1) is 22.7 Å². The van der Waals surface area contributed by atoms with Crippen LogP contribution in [0.25, 0.3) is 39.5 Å². The summed E-state index contributed by atoms with van der Waals surface area (Å²) in [6.45, 7) is 8.10. The number of thiophene rings is 2. The Labute approximate surface area is 235 Å². The Morgan fingerprint density at radius 1 is 0.775 bits per heavy atom. The van der Waals surface area contributed by atoms with Gasteiger partial charge in [-0.2, -0.15) is 31.6 Å². The normalized spacial score (nSPS) is 17.6. The molecule has 0 saturated carbocycles. The van der Waals surface area contributed by atoms with Gasteiger partial charge in [0, 0.05) is 47.0 Å². The Bertz CT molecular complexity index is 1780. The lowest BCUT2D eigenvalue weighted by Crippen LogP contribution is -2.49. The molecule has 0 amide bonds. The van der Waals surface area contributed by atoms with Gasteiger partial charge >= 0.3 is 17.8 Å². The first-order chi connectivity index (χ1) is 18.8. The van der Waals surface area contributed by atoms with E-state index in [2.05, 4.69) is 6.58 Å². The molecule has 0 N–H and O–H groups in total. The monoisotopic (exact) mass is 585 g/mol. The van der Waals surface area contributed by atoms with Crippen molar-refractivity contribution in [3.05, 3.63) is 97.1 Å². The fourth-order valence-corrected chi connectivity index (χ4v) is 7.30. The fourth-order valence-electron chi connectivity index (χ4n) is 5.11. The Balaban J connectivity index is 1.77. The van der Waals surface area contributed by atoms with Crippen LogP contribution >= 0.6 is 22.7 Å². The van der Waals surface area contributed by atoms with E-state index in [1.54, 1.807) is 54.6 Å². The largest absolute Gasteiger partial charge is 0.380 e. The molecule has 0 spiro atoms. The van der Waals surface area contributed by atoms with Crippen molar-refractivity contribution in [1.29, 1.82) is 5.26 Å². The molecule has 0 radical (unpaired) electrons. The van der Waals surface area contributed by atoms with Crippen molar-refractivity contribution < 1.29 is 26.3 Å². The zero-order valence-corrected chi connectivity index (χ0v) is 23.1. The third-order valence-electron chi connectivity index (χ3n) is 7.12. The number of aryl methyl sites for hydroxylation is 2. The van der Waals surface area contributed by atoms with Gasteiger partial charge in [-0.1, -0.05) is 43.0 Å². The molecule has 0 aliphatic heterocycles. The van der Waals surface area contributed by atoms with Crippen LogP contribution in [0.15, 0.2) is 49.0 Å². The second kappa shape index (κ2) is 9.50. The average Bonchev–Trinajstić information content (AvgIpc) is 3.41. The van der Waals surface area contributed by atoms with Gasteiger partial charge in [0.1, 0.15) is 0 Å². The van der Waals surface area contributed by atoms with E-state index in [0.717, 1.165) is 28.2 Å². The van der Waals surface area contributed by atoms with Crippen LogP contribution in [0.1, 0.15) is 48.0 Å². The number of nitrogens with zero attached hydrogens (tertiary/aromatic N) is 1. The van der Waals surface area contributed by atoms with Gasteiger partial charge in [0.2, 0.25) is 0 Å². The van der Waals surface area contributed by atoms with Crippen LogP contribution in [0.5, 0.6) is 0 Å². The van der Waals surface area contributed by atoms with E-state index >= 15 is 26.3 Å². The zero-order valence-electron chi connectivity index (χ0n) is 21.5. The minimum atomic E-state index is -5.63. The van der Waals surface area contributed by atoms with Crippen molar-refractivity contribution in [3.63, 3.8) is 0 Å². The summed E-state index contributed by atoms with van der Waals surface area (Å²) in [5, 5.41) is 9.18. The maximum atomic E-state index is 15.6. The van der Waals surface area contributed by atoms with E-state index < -0.39 is 28.9 Å². The zero-order chi connectivity index (χ0) is 29.2. The van der Waals surface area contributed by atoms with Gasteiger partial charge < -0.3 is 0 Å². The molecule has 0 saturated heterocycles. The number of alkyl halides is 6. The highest BCUT2D eigenvalue weighted by molar-refractivity contribution is 7.19. The number of rotatable bonds is 5. The lowest BCUT2D eigenvalue weighted by molar-refractivity contribution is -0.254. The van der Waals surface area contributed by atoms with E-state index in [-0.39, 0.29) is 31.8 Å². The molecular formula is C31H21F6NS2. The highest BCUT2D eigenvalue weighted by Crippen LogP contribution is 2.66. The molecule has 2 aromatic carbocycles. The predicted molar refractivity (Wildman–Crippen MR) is 152 cm³/mol. The van der Waals surface area contributed by atoms with Crippen molar-refractivity contribution >= 4 is 62.1 Å². The van der Waals surface area contributed by atoms with Crippen LogP contribution in [-0.4, -0.2) is 17.8 Å². The lowest BCUT2D eigenvalue weighted by atomic mass is 9.91. The van der Waals surface area contributed by atoms with Crippen LogP contribution < -0.4 is 0 Å². The van der Waals surface area contributed by atoms with E-state index in [0.29, 0.717) is 20.7 Å². The molecular weight excluding hydrogens is 564 g/mol. The first-order valence-electron chi connectivity index (χ1n) is 12.1. The Hall–Kier alpha value is -3.61. The number of hydrogen-bond acceptors (Lipinski definition) is 3. The van der Waals surface area contributed by atoms with Crippen molar-refractivity contribution in [1.82, 2.24) is 0 Å². The second-order valence-electron chi connectivity index (χ2n) is 9.56. The molecule has 5 rings (SSSR count). The van der Waals surface area contributed by atoms with Gasteiger partial charge in [-0.3, -0.25) is 0 Å². The van der Waals surface area contributed by atoms with E-state index in [1.807, 2.05) is 6.07 Å². The Morgan fingerprint density at radius 2 is 1.35 bits per heavy atom. The summed E-state index contributed by atoms with van der Waals surface area (Å²) in [5.74, 6) is -15.9. The molecule has 40 heavy (non-hydrogen) atoms. The number of allylic oxidation sites excluding steroid dienone is 2. The first-order valence-corrected chi connectivity index (χ1v) is 13.7. The molecule has 0 fully saturated rings. The highest BCUT2D eigenvalue weighted by atomic mass is 32.1. The van der Waals surface area contributed by atoms with E-state index in [4.69, 9.17) is 5.26 Å². The second-order valence-corrected chi connectivity index (χ2v) is 12.1. The van der Waals surface area contributed by atoms with Crippen molar-refractivity contribution in [3.8, 4) is 6.07 Å². The quantitative estimate of drug-likeness (QED) is 0.214. The third kappa shape index (κ3) is 3.96. The molecule has 0 unspecified atom stereocenters. The van der Waals surface area contributed by atoms with Gasteiger partial charge in [0.05, 0.1) is 11.6 Å². The molecule has 0 bridgehead atoms. The van der Waals surface area contributed by atoms with E-state index in [9.17, 15) is 0 Å². The molecule has 2 aromatic heterocycles. The number of benzene rings is 2. The Kier molecular flexibility index (Phi) is 6.63. The van der Waals surface area contributed by atoms with Crippen LogP contribution in [0.2, 0.25) is 0 Å². The first kappa shape index (κ1) is 27.9. The number of halogens is 6. The van der Waals surface area contributed by atoms with Gasteiger partial charge in [-0.25, -0.2) is 0 Å². The topological polar surface area (TPSA) is 23.8 Å². The van der Waals surface area contributed by atoms with Crippen LogP contribution in [0.4, 0.5) is 26.3 Å². The summed E-state index contributed by atoms with van der Waals surface area (Å²) in [7, 11) is 0. The van der Waals surface area contributed by atoms with Crippen LogP contribution in [0.3, 0.4) is 0 Å².